The van der Waals surface area contributed by atoms with E-state index in [-0.39, 0.29) is 23.7 Å². The van der Waals surface area contributed by atoms with Crippen molar-refractivity contribution in [2.45, 2.75) is 23.8 Å². The fourth-order valence-corrected chi connectivity index (χ4v) is 3.70. The fraction of sp³-hybridized carbons (Fsp3) is 0.227. The zero-order chi connectivity index (χ0) is 21.3. The van der Waals surface area contributed by atoms with E-state index in [1.807, 2.05) is 24.3 Å². The van der Waals surface area contributed by atoms with E-state index in [4.69, 9.17) is 4.74 Å². The summed E-state index contributed by atoms with van der Waals surface area (Å²) in [5, 5.41) is 3.26. The van der Waals surface area contributed by atoms with Crippen LogP contribution in [-0.4, -0.2) is 29.5 Å². The monoisotopic (exact) mass is 427 g/mol. The smallest absolute Gasteiger partial charge is 0.251 e. The Hall–Kier alpha value is -3.13. The highest BCUT2D eigenvalue weighted by Crippen LogP contribution is 2.19. The zero-order valence-corrected chi connectivity index (χ0v) is 17.3. The van der Waals surface area contributed by atoms with Crippen LogP contribution in [0.4, 0.5) is 4.39 Å². The number of hydrogen-bond acceptors (Lipinski definition) is 5. The van der Waals surface area contributed by atoms with Gasteiger partial charge >= 0.3 is 0 Å². The van der Waals surface area contributed by atoms with Gasteiger partial charge in [0.15, 0.2) is 5.16 Å². The van der Waals surface area contributed by atoms with Gasteiger partial charge in [-0.15, -0.1) is 0 Å². The Bertz CT molecular complexity index is 1050. The third-order valence-corrected chi connectivity index (χ3v) is 5.26. The topological polar surface area (TPSA) is 84.1 Å². The van der Waals surface area contributed by atoms with Crippen LogP contribution < -0.4 is 15.6 Å². The Morgan fingerprint density at radius 3 is 2.73 bits per heavy atom. The second-order valence-corrected chi connectivity index (χ2v) is 7.51. The van der Waals surface area contributed by atoms with Gasteiger partial charge in [-0.05, 0) is 35.7 Å². The highest BCUT2D eigenvalue weighted by molar-refractivity contribution is 7.98. The quantitative estimate of drug-likeness (QED) is 0.405. The number of amides is 1. The minimum absolute atomic E-state index is 0.0138. The summed E-state index contributed by atoms with van der Waals surface area (Å²) >= 11 is 1.32. The molecule has 30 heavy (non-hydrogen) atoms. The molecule has 0 aliphatic carbocycles. The van der Waals surface area contributed by atoms with E-state index in [1.165, 1.54) is 30.0 Å². The molecule has 0 saturated heterocycles. The number of thioether (sulfide) groups is 1. The minimum atomic E-state index is -0.316. The lowest BCUT2D eigenvalue weighted by atomic mass is 10.1. The number of nitrogens with zero attached hydrogens (tertiary/aromatic N) is 1. The molecule has 0 bridgehead atoms. The summed E-state index contributed by atoms with van der Waals surface area (Å²) in [6.07, 6.45) is 0.650. The highest BCUT2D eigenvalue weighted by Gasteiger charge is 2.09. The number of carbonyl (C=O) groups excluding carboxylic acids is 1. The number of hydrogen-bond donors (Lipinski definition) is 2. The van der Waals surface area contributed by atoms with E-state index >= 15 is 0 Å². The summed E-state index contributed by atoms with van der Waals surface area (Å²) in [4.78, 5) is 31.2. The second kappa shape index (κ2) is 10.6. The SMILES string of the molecule is COc1ccccc1CCNC(=O)Cc1cc(=O)[nH]c(SCc2ccc(F)cc2)n1. The summed E-state index contributed by atoms with van der Waals surface area (Å²) in [6, 6.07) is 15.1. The Balaban J connectivity index is 1.53. The van der Waals surface area contributed by atoms with Gasteiger partial charge in [-0.25, -0.2) is 9.37 Å². The first-order valence-corrected chi connectivity index (χ1v) is 10.4. The Morgan fingerprint density at radius 2 is 1.97 bits per heavy atom. The largest absolute Gasteiger partial charge is 0.496 e. The molecule has 8 heteroatoms. The third-order valence-electron chi connectivity index (χ3n) is 4.31. The molecule has 1 amide bonds. The van der Waals surface area contributed by atoms with Crippen molar-refractivity contribution in [3.63, 3.8) is 0 Å². The van der Waals surface area contributed by atoms with Crippen LogP contribution in [0.5, 0.6) is 5.75 Å². The average Bonchev–Trinajstić information content (AvgIpc) is 2.73. The fourth-order valence-electron chi connectivity index (χ4n) is 2.85. The summed E-state index contributed by atoms with van der Waals surface area (Å²) in [5.74, 6) is 0.801. The maximum atomic E-state index is 13.0. The molecule has 156 valence electrons. The molecule has 2 aromatic carbocycles. The molecule has 1 aromatic heterocycles. The molecular formula is C22H22FN3O3S. The van der Waals surface area contributed by atoms with Gasteiger partial charge in [0.05, 0.1) is 19.2 Å². The molecule has 0 spiro atoms. The Labute approximate surface area is 177 Å². The summed E-state index contributed by atoms with van der Waals surface area (Å²) in [6.45, 7) is 0.453. The van der Waals surface area contributed by atoms with Gasteiger partial charge < -0.3 is 15.0 Å². The van der Waals surface area contributed by atoms with Crippen LogP contribution in [0.15, 0.2) is 64.5 Å². The van der Waals surface area contributed by atoms with Gasteiger partial charge in [0.1, 0.15) is 11.6 Å². The summed E-state index contributed by atoms with van der Waals surface area (Å²) in [5.41, 5.74) is 2.00. The predicted molar refractivity (Wildman–Crippen MR) is 114 cm³/mol. The molecule has 0 saturated carbocycles. The van der Waals surface area contributed by atoms with Gasteiger partial charge in [0, 0.05) is 18.4 Å². The zero-order valence-electron chi connectivity index (χ0n) is 16.5. The van der Waals surface area contributed by atoms with Crippen LogP contribution in [0, 0.1) is 5.82 Å². The number of rotatable bonds is 9. The summed E-state index contributed by atoms with van der Waals surface area (Å²) in [7, 11) is 1.61. The number of nitrogens with one attached hydrogen (secondary N) is 2. The maximum absolute atomic E-state index is 13.0. The average molecular weight is 428 g/mol. The molecule has 0 aliphatic heterocycles. The number of ether oxygens (including phenoxy) is 1. The van der Waals surface area contributed by atoms with E-state index in [0.717, 1.165) is 16.9 Å². The molecule has 2 N–H and O–H groups in total. The van der Waals surface area contributed by atoms with Crippen molar-refractivity contribution in [2.24, 2.45) is 0 Å². The number of halogens is 1. The lowest BCUT2D eigenvalue weighted by Crippen LogP contribution is -2.28. The van der Waals surface area contributed by atoms with E-state index in [9.17, 15) is 14.0 Å². The first kappa shape index (κ1) is 21.6. The summed E-state index contributed by atoms with van der Waals surface area (Å²) < 4.78 is 18.3. The van der Waals surface area contributed by atoms with E-state index in [1.54, 1.807) is 19.2 Å². The van der Waals surface area contributed by atoms with Crippen molar-refractivity contribution < 1.29 is 13.9 Å². The number of aromatic nitrogens is 2. The highest BCUT2D eigenvalue weighted by atomic mass is 32.2. The number of carbonyl (C=O) groups is 1. The van der Waals surface area contributed by atoms with Gasteiger partial charge in [-0.1, -0.05) is 42.1 Å². The Kier molecular flexibility index (Phi) is 7.62. The van der Waals surface area contributed by atoms with Crippen molar-refractivity contribution in [1.29, 1.82) is 0 Å². The van der Waals surface area contributed by atoms with Crippen LogP contribution >= 0.6 is 11.8 Å². The van der Waals surface area contributed by atoms with Crippen LogP contribution in [0.2, 0.25) is 0 Å². The number of para-hydroxylation sites is 1. The van der Waals surface area contributed by atoms with Crippen LogP contribution in [0.1, 0.15) is 16.8 Å². The molecule has 6 nitrogen and oxygen atoms in total. The lowest BCUT2D eigenvalue weighted by Gasteiger charge is -2.09. The molecule has 0 unspecified atom stereocenters. The molecule has 0 atom stereocenters. The van der Waals surface area contributed by atoms with Crippen molar-refractivity contribution in [3.8, 4) is 5.75 Å². The molecule has 0 fully saturated rings. The normalized spacial score (nSPS) is 10.6. The third kappa shape index (κ3) is 6.45. The van der Waals surface area contributed by atoms with Crippen LogP contribution in [0.3, 0.4) is 0 Å². The van der Waals surface area contributed by atoms with Gasteiger partial charge in [-0.3, -0.25) is 9.59 Å². The number of benzene rings is 2. The molecule has 3 rings (SSSR count). The lowest BCUT2D eigenvalue weighted by molar-refractivity contribution is -0.120. The number of H-pyrrole nitrogens is 1. The molecule has 3 aromatic rings. The number of methoxy groups -OCH3 is 1. The molecular weight excluding hydrogens is 405 g/mol. The predicted octanol–water partition coefficient (Wildman–Crippen LogP) is 3.11. The van der Waals surface area contributed by atoms with Crippen molar-refractivity contribution >= 4 is 17.7 Å². The Morgan fingerprint density at radius 1 is 1.20 bits per heavy atom. The van der Waals surface area contributed by atoms with E-state index in [0.29, 0.717) is 29.6 Å². The maximum Gasteiger partial charge on any atom is 0.251 e. The molecule has 0 aliphatic rings. The van der Waals surface area contributed by atoms with Gasteiger partial charge in [0.2, 0.25) is 5.91 Å². The van der Waals surface area contributed by atoms with Gasteiger partial charge in [0.25, 0.3) is 5.56 Å². The molecule has 0 radical (unpaired) electrons. The minimum Gasteiger partial charge on any atom is -0.496 e. The standard InChI is InChI=1S/C22H22FN3O3S/c1-29-19-5-3-2-4-16(19)10-11-24-20(27)12-18-13-21(28)26-22(25-18)30-14-15-6-8-17(23)9-7-15/h2-9,13H,10-12,14H2,1H3,(H,24,27)(H,25,26,28). The first-order chi connectivity index (χ1) is 14.5. The van der Waals surface area contributed by atoms with Crippen LogP contribution in [0.25, 0.3) is 0 Å². The first-order valence-electron chi connectivity index (χ1n) is 9.39. The van der Waals surface area contributed by atoms with Crippen molar-refractivity contribution in [2.75, 3.05) is 13.7 Å². The second-order valence-electron chi connectivity index (χ2n) is 6.55. The molecule has 1 heterocycles. The van der Waals surface area contributed by atoms with Crippen LogP contribution in [-0.2, 0) is 23.4 Å². The van der Waals surface area contributed by atoms with Gasteiger partial charge in [-0.2, -0.15) is 0 Å². The van der Waals surface area contributed by atoms with Crippen molar-refractivity contribution in [1.82, 2.24) is 15.3 Å². The number of aromatic amines is 1. The van der Waals surface area contributed by atoms with E-state index < -0.39 is 0 Å². The van der Waals surface area contributed by atoms with E-state index in [2.05, 4.69) is 15.3 Å². The van der Waals surface area contributed by atoms with Crippen molar-refractivity contribution in [3.05, 3.63) is 87.6 Å².